The Labute approximate surface area is 145 Å². The van der Waals surface area contributed by atoms with E-state index in [1.807, 2.05) is 18.2 Å². The molecule has 0 amide bonds. The summed E-state index contributed by atoms with van der Waals surface area (Å²) in [6.45, 7) is 3.41. The maximum atomic E-state index is 12.6. The summed E-state index contributed by atoms with van der Waals surface area (Å²) >= 11 is 1.26. The van der Waals surface area contributed by atoms with Gasteiger partial charge in [0, 0.05) is 37.9 Å². The van der Waals surface area contributed by atoms with Crippen LogP contribution in [-0.2, 0) is 10.0 Å². The summed E-state index contributed by atoms with van der Waals surface area (Å²) < 4.78 is 38.3. The Morgan fingerprint density at radius 1 is 0.958 bits per heavy atom. The number of benzene rings is 1. The molecule has 3 heterocycles. The van der Waals surface area contributed by atoms with Crippen LogP contribution in [-0.4, -0.2) is 52.1 Å². The molecular weight excluding hydrogens is 348 g/mol. The third-order valence-electron chi connectivity index (χ3n) is 4.22. The number of nitrogens with zero attached hydrogens (tertiary/aromatic N) is 2. The summed E-state index contributed by atoms with van der Waals surface area (Å²) in [5.74, 6) is 1.52. The van der Waals surface area contributed by atoms with Crippen LogP contribution in [0.4, 0.5) is 5.69 Å². The molecule has 128 valence electrons. The van der Waals surface area contributed by atoms with Crippen LogP contribution in [0.15, 0.2) is 39.9 Å². The highest BCUT2D eigenvalue weighted by atomic mass is 32.2. The zero-order valence-electron chi connectivity index (χ0n) is 13.1. The summed E-state index contributed by atoms with van der Waals surface area (Å²) in [6, 6.07) is 9.31. The van der Waals surface area contributed by atoms with Crippen LogP contribution in [0.1, 0.15) is 0 Å². The second kappa shape index (κ2) is 6.27. The maximum absolute atomic E-state index is 12.6. The van der Waals surface area contributed by atoms with Crippen molar-refractivity contribution in [3.05, 3.63) is 35.7 Å². The fourth-order valence-corrected chi connectivity index (χ4v) is 5.52. The summed E-state index contributed by atoms with van der Waals surface area (Å²) in [5, 5.41) is 1.79. The zero-order chi connectivity index (χ0) is 16.6. The second-order valence-corrected chi connectivity index (χ2v) is 8.76. The lowest BCUT2D eigenvalue weighted by Gasteiger charge is -2.35. The van der Waals surface area contributed by atoms with Crippen molar-refractivity contribution >= 4 is 27.0 Å². The normalized spacial score (nSPS) is 18.6. The fourth-order valence-electron chi connectivity index (χ4n) is 2.95. The van der Waals surface area contributed by atoms with Crippen LogP contribution in [0.2, 0.25) is 0 Å². The SMILES string of the molecule is O=S(=O)(c1cccs1)N1CCN(c2ccc3c(c2)OCCO3)CC1. The number of anilines is 1. The van der Waals surface area contributed by atoms with Gasteiger partial charge in [-0.3, -0.25) is 0 Å². The molecule has 8 heteroatoms. The predicted octanol–water partition coefficient (Wildman–Crippen LogP) is 2.03. The van der Waals surface area contributed by atoms with Gasteiger partial charge in [-0.1, -0.05) is 6.07 Å². The minimum atomic E-state index is -3.36. The van der Waals surface area contributed by atoms with E-state index in [-0.39, 0.29) is 0 Å². The summed E-state index contributed by atoms with van der Waals surface area (Å²) in [4.78, 5) is 2.18. The first-order valence-corrected chi connectivity index (χ1v) is 10.1. The average molecular weight is 366 g/mol. The van der Waals surface area contributed by atoms with Crippen molar-refractivity contribution in [3.8, 4) is 11.5 Å². The Bertz CT molecular complexity index is 813. The van der Waals surface area contributed by atoms with E-state index in [0.717, 1.165) is 17.2 Å². The van der Waals surface area contributed by atoms with Gasteiger partial charge in [0.15, 0.2) is 11.5 Å². The Balaban J connectivity index is 1.47. The van der Waals surface area contributed by atoms with Gasteiger partial charge >= 0.3 is 0 Å². The molecule has 6 nitrogen and oxygen atoms in total. The lowest BCUT2D eigenvalue weighted by atomic mass is 10.2. The Hall–Kier alpha value is -1.77. The van der Waals surface area contributed by atoms with Gasteiger partial charge in [0.05, 0.1) is 0 Å². The van der Waals surface area contributed by atoms with Gasteiger partial charge in [-0.2, -0.15) is 4.31 Å². The Morgan fingerprint density at radius 2 is 1.71 bits per heavy atom. The monoisotopic (exact) mass is 366 g/mol. The molecule has 0 N–H and O–H groups in total. The number of hydrogen-bond donors (Lipinski definition) is 0. The van der Waals surface area contributed by atoms with E-state index in [4.69, 9.17) is 9.47 Å². The van der Waals surface area contributed by atoms with Crippen molar-refractivity contribution in [2.24, 2.45) is 0 Å². The van der Waals surface area contributed by atoms with E-state index in [9.17, 15) is 8.42 Å². The van der Waals surface area contributed by atoms with E-state index in [1.165, 1.54) is 11.3 Å². The number of hydrogen-bond acceptors (Lipinski definition) is 6. The molecule has 1 saturated heterocycles. The van der Waals surface area contributed by atoms with Gasteiger partial charge in [0.2, 0.25) is 0 Å². The number of rotatable bonds is 3. The van der Waals surface area contributed by atoms with E-state index >= 15 is 0 Å². The van der Waals surface area contributed by atoms with E-state index < -0.39 is 10.0 Å². The van der Waals surface area contributed by atoms with Crippen molar-refractivity contribution in [3.63, 3.8) is 0 Å². The number of ether oxygens (including phenoxy) is 2. The number of fused-ring (bicyclic) bond motifs is 1. The molecule has 0 unspecified atom stereocenters. The third kappa shape index (κ3) is 2.85. The molecule has 0 spiro atoms. The summed E-state index contributed by atoms with van der Waals surface area (Å²) in [6.07, 6.45) is 0. The van der Waals surface area contributed by atoms with Crippen molar-refractivity contribution in [1.29, 1.82) is 0 Å². The molecule has 1 aromatic heterocycles. The third-order valence-corrected chi connectivity index (χ3v) is 7.49. The molecule has 2 aliphatic heterocycles. The number of thiophene rings is 1. The van der Waals surface area contributed by atoms with Crippen molar-refractivity contribution < 1.29 is 17.9 Å². The van der Waals surface area contributed by atoms with Crippen molar-refractivity contribution in [1.82, 2.24) is 4.31 Å². The highest BCUT2D eigenvalue weighted by molar-refractivity contribution is 7.91. The van der Waals surface area contributed by atoms with Gasteiger partial charge in [-0.25, -0.2) is 8.42 Å². The molecule has 0 radical (unpaired) electrons. The van der Waals surface area contributed by atoms with Crippen LogP contribution in [0, 0.1) is 0 Å². The van der Waals surface area contributed by atoms with E-state index in [0.29, 0.717) is 43.6 Å². The molecule has 0 saturated carbocycles. The van der Waals surface area contributed by atoms with Gasteiger partial charge in [0.1, 0.15) is 17.4 Å². The van der Waals surface area contributed by atoms with Crippen molar-refractivity contribution in [2.45, 2.75) is 4.21 Å². The quantitative estimate of drug-likeness (QED) is 0.832. The number of piperazine rings is 1. The van der Waals surface area contributed by atoms with Crippen molar-refractivity contribution in [2.75, 3.05) is 44.3 Å². The molecule has 2 aromatic rings. The van der Waals surface area contributed by atoms with Crippen LogP contribution < -0.4 is 14.4 Å². The second-order valence-electron chi connectivity index (χ2n) is 5.65. The topological polar surface area (TPSA) is 59.1 Å². The standard InChI is InChI=1S/C16H18N2O4S2/c19-24(20,16-2-1-11-23-16)18-7-5-17(6-8-18)13-3-4-14-15(12-13)22-10-9-21-14/h1-4,11-12H,5-10H2. The van der Waals surface area contributed by atoms with Gasteiger partial charge < -0.3 is 14.4 Å². The smallest absolute Gasteiger partial charge is 0.252 e. The highest BCUT2D eigenvalue weighted by Crippen LogP contribution is 2.34. The minimum Gasteiger partial charge on any atom is -0.486 e. The summed E-state index contributed by atoms with van der Waals surface area (Å²) in [7, 11) is -3.36. The predicted molar refractivity (Wildman–Crippen MR) is 92.7 cm³/mol. The molecule has 0 aliphatic carbocycles. The molecule has 0 atom stereocenters. The van der Waals surface area contributed by atoms with Crippen LogP contribution in [0.3, 0.4) is 0 Å². The highest BCUT2D eigenvalue weighted by Gasteiger charge is 2.29. The molecule has 24 heavy (non-hydrogen) atoms. The molecule has 2 aliphatic rings. The fraction of sp³-hybridized carbons (Fsp3) is 0.375. The zero-order valence-corrected chi connectivity index (χ0v) is 14.7. The van der Waals surface area contributed by atoms with Gasteiger partial charge in [0.25, 0.3) is 10.0 Å². The minimum absolute atomic E-state index is 0.412. The maximum Gasteiger partial charge on any atom is 0.252 e. The molecule has 1 fully saturated rings. The molecule has 1 aromatic carbocycles. The number of sulfonamides is 1. The van der Waals surface area contributed by atoms with Crippen LogP contribution in [0.25, 0.3) is 0 Å². The summed E-state index contributed by atoms with van der Waals surface area (Å²) in [5.41, 5.74) is 1.03. The lowest BCUT2D eigenvalue weighted by Crippen LogP contribution is -2.48. The largest absolute Gasteiger partial charge is 0.486 e. The van der Waals surface area contributed by atoms with Gasteiger partial charge in [-0.05, 0) is 23.6 Å². The molecule has 4 rings (SSSR count). The lowest BCUT2D eigenvalue weighted by molar-refractivity contribution is 0.171. The Morgan fingerprint density at radius 3 is 2.42 bits per heavy atom. The first-order chi connectivity index (χ1) is 11.6. The first-order valence-electron chi connectivity index (χ1n) is 7.83. The van der Waals surface area contributed by atoms with Crippen LogP contribution >= 0.6 is 11.3 Å². The first kappa shape index (κ1) is 15.7. The van der Waals surface area contributed by atoms with Crippen LogP contribution in [0.5, 0.6) is 11.5 Å². The molecular formula is C16H18N2O4S2. The van der Waals surface area contributed by atoms with E-state index in [2.05, 4.69) is 4.90 Å². The van der Waals surface area contributed by atoms with Gasteiger partial charge in [-0.15, -0.1) is 11.3 Å². The van der Waals surface area contributed by atoms with E-state index in [1.54, 1.807) is 21.8 Å². The average Bonchev–Trinajstić information content (AvgIpc) is 3.17. The molecule has 0 bridgehead atoms. The Kier molecular flexibility index (Phi) is 4.11.